The smallest absolute Gasteiger partial charge is 0.119 e. The number of methoxy groups -OCH3 is 1. The summed E-state index contributed by atoms with van der Waals surface area (Å²) in [5, 5.41) is 0. The Morgan fingerprint density at radius 3 is 2.70 bits per heavy atom. The number of nitrogens with two attached hydrogens (primary N) is 1. The summed E-state index contributed by atoms with van der Waals surface area (Å²) < 4.78 is 5.37. The van der Waals surface area contributed by atoms with Crippen molar-refractivity contribution in [3.8, 4) is 5.75 Å². The van der Waals surface area contributed by atoms with E-state index >= 15 is 0 Å². The molecule has 3 rings (SSSR count). The SMILES string of the molecule is COc1ccc2c(c1)C(N)(Cc1ccccc1)CCC2. The molecule has 2 nitrogen and oxygen atoms in total. The highest BCUT2D eigenvalue weighted by atomic mass is 16.5. The summed E-state index contributed by atoms with van der Waals surface area (Å²) in [4.78, 5) is 0. The summed E-state index contributed by atoms with van der Waals surface area (Å²) in [6.45, 7) is 0. The van der Waals surface area contributed by atoms with Gasteiger partial charge in [0.2, 0.25) is 0 Å². The quantitative estimate of drug-likeness (QED) is 0.924. The van der Waals surface area contributed by atoms with Crippen LogP contribution < -0.4 is 10.5 Å². The van der Waals surface area contributed by atoms with Crippen LogP contribution in [0.1, 0.15) is 29.5 Å². The van der Waals surface area contributed by atoms with Crippen molar-refractivity contribution in [1.82, 2.24) is 0 Å². The van der Waals surface area contributed by atoms with Crippen molar-refractivity contribution in [3.63, 3.8) is 0 Å². The van der Waals surface area contributed by atoms with Gasteiger partial charge in [0.05, 0.1) is 7.11 Å². The first-order chi connectivity index (χ1) is 9.71. The van der Waals surface area contributed by atoms with E-state index in [9.17, 15) is 0 Å². The van der Waals surface area contributed by atoms with Crippen molar-refractivity contribution in [3.05, 3.63) is 65.2 Å². The van der Waals surface area contributed by atoms with Gasteiger partial charge in [-0.25, -0.2) is 0 Å². The molecule has 0 fully saturated rings. The molecule has 2 aromatic carbocycles. The van der Waals surface area contributed by atoms with Gasteiger partial charge < -0.3 is 10.5 Å². The van der Waals surface area contributed by atoms with E-state index in [1.54, 1.807) is 7.11 Å². The molecule has 1 aliphatic rings. The first-order valence-electron chi connectivity index (χ1n) is 7.21. The normalized spacial score (nSPS) is 21.3. The second kappa shape index (κ2) is 5.29. The van der Waals surface area contributed by atoms with E-state index in [0.29, 0.717) is 0 Å². The Balaban J connectivity index is 1.99. The summed E-state index contributed by atoms with van der Waals surface area (Å²) in [5.74, 6) is 0.897. The number of ether oxygens (including phenoxy) is 1. The molecule has 104 valence electrons. The Bertz CT molecular complexity index is 594. The Kier molecular flexibility index (Phi) is 3.49. The van der Waals surface area contributed by atoms with Crippen LogP contribution in [0, 0.1) is 0 Å². The van der Waals surface area contributed by atoms with Crippen molar-refractivity contribution >= 4 is 0 Å². The molecule has 2 N–H and O–H groups in total. The van der Waals surface area contributed by atoms with Crippen molar-refractivity contribution < 1.29 is 4.74 Å². The number of fused-ring (bicyclic) bond motifs is 1. The average Bonchev–Trinajstić information content (AvgIpc) is 2.48. The molecule has 0 radical (unpaired) electrons. The van der Waals surface area contributed by atoms with E-state index in [-0.39, 0.29) is 5.54 Å². The number of rotatable bonds is 3. The van der Waals surface area contributed by atoms with Crippen LogP contribution >= 0.6 is 0 Å². The second-order valence-corrected chi connectivity index (χ2v) is 5.70. The monoisotopic (exact) mass is 267 g/mol. The van der Waals surface area contributed by atoms with Gasteiger partial charge >= 0.3 is 0 Å². The molecule has 1 atom stereocenters. The van der Waals surface area contributed by atoms with Crippen LogP contribution in [0.3, 0.4) is 0 Å². The fraction of sp³-hybridized carbons (Fsp3) is 0.333. The third-order valence-electron chi connectivity index (χ3n) is 4.28. The van der Waals surface area contributed by atoms with Crippen molar-refractivity contribution in [2.45, 2.75) is 31.2 Å². The summed E-state index contributed by atoms with van der Waals surface area (Å²) >= 11 is 0. The van der Waals surface area contributed by atoms with E-state index < -0.39 is 0 Å². The number of benzene rings is 2. The molecule has 0 aliphatic heterocycles. The molecule has 2 aromatic rings. The minimum Gasteiger partial charge on any atom is -0.497 e. The molecule has 0 bridgehead atoms. The predicted molar refractivity (Wildman–Crippen MR) is 81.9 cm³/mol. The Morgan fingerprint density at radius 2 is 1.95 bits per heavy atom. The molecular weight excluding hydrogens is 246 g/mol. The maximum absolute atomic E-state index is 6.77. The first kappa shape index (κ1) is 13.2. The average molecular weight is 267 g/mol. The van der Waals surface area contributed by atoms with Gasteiger partial charge in [0.1, 0.15) is 5.75 Å². The van der Waals surface area contributed by atoms with E-state index in [1.165, 1.54) is 16.7 Å². The van der Waals surface area contributed by atoms with Gasteiger partial charge in [0, 0.05) is 5.54 Å². The molecule has 0 aromatic heterocycles. The molecule has 0 saturated carbocycles. The second-order valence-electron chi connectivity index (χ2n) is 5.70. The lowest BCUT2D eigenvalue weighted by Gasteiger charge is -2.36. The lowest BCUT2D eigenvalue weighted by atomic mass is 9.74. The molecular formula is C18H21NO. The Labute approximate surface area is 120 Å². The highest BCUT2D eigenvalue weighted by Crippen LogP contribution is 2.37. The molecule has 0 spiro atoms. The number of hydrogen-bond donors (Lipinski definition) is 1. The summed E-state index contributed by atoms with van der Waals surface area (Å²) in [6.07, 6.45) is 4.19. The van der Waals surface area contributed by atoms with Gasteiger partial charge in [-0.2, -0.15) is 0 Å². The van der Waals surface area contributed by atoms with Crippen LogP contribution in [0.2, 0.25) is 0 Å². The fourth-order valence-electron chi connectivity index (χ4n) is 3.24. The summed E-state index contributed by atoms with van der Waals surface area (Å²) in [7, 11) is 1.71. The van der Waals surface area contributed by atoms with Crippen LogP contribution in [0.5, 0.6) is 5.75 Å². The van der Waals surface area contributed by atoms with E-state index in [2.05, 4.69) is 36.4 Å². The van der Waals surface area contributed by atoms with Gasteiger partial charge in [-0.1, -0.05) is 36.4 Å². The van der Waals surface area contributed by atoms with Gasteiger partial charge in [0.15, 0.2) is 0 Å². The molecule has 0 heterocycles. The number of aryl methyl sites for hydroxylation is 1. The number of hydrogen-bond acceptors (Lipinski definition) is 2. The van der Waals surface area contributed by atoms with Crippen molar-refractivity contribution in [2.24, 2.45) is 5.73 Å². The van der Waals surface area contributed by atoms with Crippen LogP contribution in [0.15, 0.2) is 48.5 Å². The van der Waals surface area contributed by atoms with Crippen LogP contribution in [0.25, 0.3) is 0 Å². The van der Waals surface area contributed by atoms with Gasteiger partial charge in [0.25, 0.3) is 0 Å². The molecule has 0 amide bonds. The topological polar surface area (TPSA) is 35.2 Å². The van der Waals surface area contributed by atoms with Crippen molar-refractivity contribution in [2.75, 3.05) is 7.11 Å². The van der Waals surface area contributed by atoms with Gasteiger partial charge in [-0.3, -0.25) is 0 Å². The van der Waals surface area contributed by atoms with Crippen LogP contribution in [-0.4, -0.2) is 7.11 Å². The highest BCUT2D eigenvalue weighted by Gasteiger charge is 2.33. The highest BCUT2D eigenvalue weighted by molar-refractivity contribution is 5.43. The first-order valence-corrected chi connectivity index (χ1v) is 7.21. The van der Waals surface area contributed by atoms with Crippen molar-refractivity contribution in [1.29, 1.82) is 0 Å². The van der Waals surface area contributed by atoms with Crippen LogP contribution in [-0.2, 0) is 18.4 Å². The van der Waals surface area contributed by atoms with Crippen LogP contribution in [0.4, 0.5) is 0 Å². The Hall–Kier alpha value is -1.80. The van der Waals surface area contributed by atoms with E-state index in [4.69, 9.17) is 10.5 Å². The molecule has 2 heteroatoms. The zero-order chi connectivity index (χ0) is 14.0. The lowest BCUT2D eigenvalue weighted by molar-refractivity contribution is 0.363. The maximum atomic E-state index is 6.77. The molecule has 0 saturated heterocycles. The third kappa shape index (κ3) is 2.44. The van der Waals surface area contributed by atoms with Gasteiger partial charge in [-0.05, 0) is 54.5 Å². The fourth-order valence-corrected chi connectivity index (χ4v) is 3.24. The molecule has 1 aliphatic carbocycles. The minimum atomic E-state index is -0.274. The zero-order valence-corrected chi connectivity index (χ0v) is 11.9. The summed E-state index contributed by atoms with van der Waals surface area (Å²) in [6, 6.07) is 16.8. The standard InChI is InChI=1S/C18H21NO/c1-20-16-10-9-15-8-5-11-18(19,17(15)12-16)13-14-6-3-2-4-7-14/h2-4,6-7,9-10,12H,5,8,11,13,19H2,1H3. The molecule has 1 unspecified atom stereocenters. The maximum Gasteiger partial charge on any atom is 0.119 e. The molecule has 20 heavy (non-hydrogen) atoms. The lowest BCUT2D eigenvalue weighted by Crippen LogP contribution is -2.42. The predicted octanol–water partition coefficient (Wildman–Crippen LogP) is 3.43. The zero-order valence-electron chi connectivity index (χ0n) is 11.9. The Morgan fingerprint density at radius 1 is 1.15 bits per heavy atom. The third-order valence-corrected chi connectivity index (χ3v) is 4.28. The summed E-state index contributed by atoms with van der Waals surface area (Å²) in [5.41, 5.74) is 10.4. The largest absolute Gasteiger partial charge is 0.497 e. The minimum absolute atomic E-state index is 0.274. The van der Waals surface area contributed by atoms with Gasteiger partial charge in [-0.15, -0.1) is 0 Å². The van der Waals surface area contributed by atoms with E-state index in [0.717, 1.165) is 31.4 Å². The van der Waals surface area contributed by atoms with E-state index in [1.807, 2.05) is 12.1 Å².